The molecule has 1 aliphatic heterocycles. The van der Waals surface area contributed by atoms with Crippen LogP contribution in [0.2, 0.25) is 0 Å². The molecule has 1 fully saturated rings. The zero-order valence-corrected chi connectivity index (χ0v) is 13.4. The lowest BCUT2D eigenvalue weighted by molar-refractivity contribution is -0.118. The van der Waals surface area contributed by atoms with E-state index in [9.17, 15) is 18.0 Å². The molecule has 0 aromatic heterocycles. The maximum atomic E-state index is 12.8. The number of rotatable bonds is 3. The fourth-order valence-corrected chi connectivity index (χ4v) is 4.11. The molecule has 3 rings (SSSR count). The molecule has 0 unspecified atom stereocenters. The Morgan fingerprint density at radius 1 is 1.04 bits per heavy atom. The fourth-order valence-electron chi connectivity index (χ4n) is 2.62. The highest BCUT2D eigenvalue weighted by molar-refractivity contribution is 7.90. The number of carbonyl (C=O) groups is 2. The number of fused-ring (bicyclic) bond motifs is 1. The second-order valence-corrected chi connectivity index (χ2v) is 7.22. The van der Waals surface area contributed by atoms with Gasteiger partial charge in [0.25, 0.3) is 10.0 Å². The van der Waals surface area contributed by atoms with Crippen molar-refractivity contribution in [3.05, 3.63) is 36.4 Å². The number of nitrogens with one attached hydrogen (secondary N) is 1. The van der Waals surface area contributed by atoms with E-state index >= 15 is 0 Å². The molecule has 7 nitrogen and oxygen atoms in total. The van der Waals surface area contributed by atoms with Crippen molar-refractivity contribution in [2.45, 2.75) is 4.90 Å². The zero-order valence-electron chi connectivity index (χ0n) is 12.6. The number of imide groups is 1. The van der Waals surface area contributed by atoms with Crippen LogP contribution < -0.4 is 10.2 Å². The van der Waals surface area contributed by atoms with Crippen LogP contribution in [0, 0.1) is 0 Å². The van der Waals surface area contributed by atoms with Crippen LogP contribution in [0.1, 0.15) is 0 Å². The van der Waals surface area contributed by atoms with Crippen molar-refractivity contribution in [3.8, 4) is 0 Å². The second kappa shape index (κ2) is 5.24. The van der Waals surface area contributed by atoms with Gasteiger partial charge < -0.3 is 4.90 Å². The van der Waals surface area contributed by atoms with Gasteiger partial charge in [-0.3, -0.25) is 10.1 Å². The highest BCUT2D eigenvalue weighted by Gasteiger charge is 2.38. The standard InChI is InChI=1S/C15H15N3O4S/c1-17(2)12-7-3-6-11-10(12)5-4-8-13(11)23(21,22)18-9-14(19)16-15(18)20/h3-8H,9H2,1-2H3,(H,16,19,20). The third-order valence-corrected chi connectivity index (χ3v) is 5.46. The number of hydrogen-bond acceptors (Lipinski definition) is 5. The first kappa shape index (κ1) is 15.3. The van der Waals surface area contributed by atoms with E-state index in [4.69, 9.17) is 0 Å². The summed E-state index contributed by atoms with van der Waals surface area (Å²) in [6, 6.07) is 9.28. The summed E-state index contributed by atoms with van der Waals surface area (Å²) in [6.45, 7) is -0.495. The molecule has 0 bridgehead atoms. The van der Waals surface area contributed by atoms with Crippen molar-refractivity contribution in [3.63, 3.8) is 0 Å². The largest absolute Gasteiger partial charge is 0.377 e. The Morgan fingerprint density at radius 2 is 1.70 bits per heavy atom. The highest BCUT2D eigenvalue weighted by Crippen LogP contribution is 2.31. The highest BCUT2D eigenvalue weighted by atomic mass is 32.2. The molecular weight excluding hydrogens is 318 g/mol. The van der Waals surface area contributed by atoms with Crippen molar-refractivity contribution >= 4 is 38.4 Å². The molecule has 8 heteroatoms. The Bertz CT molecular complexity index is 921. The van der Waals surface area contributed by atoms with E-state index < -0.39 is 28.5 Å². The molecule has 0 radical (unpaired) electrons. The van der Waals surface area contributed by atoms with Crippen LogP contribution in [-0.2, 0) is 14.8 Å². The van der Waals surface area contributed by atoms with Crippen molar-refractivity contribution in [1.82, 2.24) is 9.62 Å². The minimum Gasteiger partial charge on any atom is -0.377 e. The lowest BCUT2D eigenvalue weighted by Gasteiger charge is -2.19. The van der Waals surface area contributed by atoms with Crippen LogP contribution in [-0.4, -0.2) is 45.3 Å². The first-order valence-corrected chi connectivity index (χ1v) is 8.32. The Kier molecular flexibility index (Phi) is 3.48. The van der Waals surface area contributed by atoms with E-state index in [0.29, 0.717) is 9.69 Å². The van der Waals surface area contributed by atoms with Gasteiger partial charge in [0.1, 0.15) is 6.54 Å². The van der Waals surface area contributed by atoms with Crippen LogP contribution in [0.25, 0.3) is 10.8 Å². The van der Waals surface area contributed by atoms with Gasteiger partial charge in [-0.2, -0.15) is 0 Å². The van der Waals surface area contributed by atoms with E-state index in [-0.39, 0.29) is 4.90 Å². The summed E-state index contributed by atoms with van der Waals surface area (Å²) in [5, 5.41) is 3.24. The molecule has 0 aliphatic carbocycles. The van der Waals surface area contributed by atoms with Crippen LogP contribution in [0.4, 0.5) is 10.5 Å². The van der Waals surface area contributed by atoms with E-state index in [1.807, 2.05) is 36.4 Å². The predicted molar refractivity (Wildman–Crippen MR) is 85.7 cm³/mol. The van der Waals surface area contributed by atoms with Crippen LogP contribution >= 0.6 is 0 Å². The summed E-state index contributed by atoms with van der Waals surface area (Å²) in [5.41, 5.74) is 0.862. The summed E-state index contributed by atoms with van der Waals surface area (Å²) in [6.07, 6.45) is 0. The Hall–Kier alpha value is -2.61. The molecule has 2 aromatic carbocycles. The van der Waals surface area contributed by atoms with Gasteiger partial charge in [0.15, 0.2) is 0 Å². The lowest BCUT2D eigenvalue weighted by atomic mass is 10.1. The number of amides is 3. The Balaban J connectivity index is 2.23. The average Bonchev–Trinajstić information content (AvgIpc) is 2.85. The number of urea groups is 1. The quantitative estimate of drug-likeness (QED) is 0.852. The van der Waals surface area contributed by atoms with Crippen molar-refractivity contribution < 1.29 is 18.0 Å². The molecule has 1 saturated heterocycles. The Morgan fingerprint density at radius 3 is 2.30 bits per heavy atom. The van der Waals surface area contributed by atoms with E-state index in [0.717, 1.165) is 11.1 Å². The molecule has 3 amide bonds. The number of carbonyl (C=O) groups excluding carboxylic acids is 2. The molecular formula is C15H15N3O4S. The summed E-state index contributed by atoms with van der Waals surface area (Å²) in [5.74, 6) is -0.632. The number of nitrogens with zero attached hydrogens (tertiary/aromatic N) is 2. The van der Waals surface area contributed by atoms with Gasteiger partial charge in [-0.1, -0.05) is 24.3 Å². The summed E-state index contributed by atoms with van der Waals surface area (Å²) < 4.78 is 26.1. The minimum atomic E-state index is -4.11. The van der Waals surface area contributed by atoms with E-state index in [1.165, 1.54) is 6.07 Å². The lowest BCUT2D eigenvalue weighted by Crippen LogP contribution is -2.34. The number of anilines is 1. The first-order valence-electron chi connectivity index (χ1n) is 6.88. The maximum absolute atomic E-state index is 12.8. The van der Waals surface area contributed by atoms with Gasteiger partial charge in [0.2, 0.25) is 5.91 Å². The maximum Gasteiger partial charge on any atom is 0.338 e. The molecule has 1 aliphatic rings. The summed E-state index contributed by atoms with van der Waals surface area (Å²) >= 11 is 0. The normalized spacial score (nSPS) is 15.1. The van der Waals surface area contributed by atoms with Gasteiger partial charge in [0.05, 0.1) is 4.90 Å². The molecule has 1 heterocycles. The van der Waals surface area contributed by atoms with Gasteiger partial charge >= 0.3 is 6.03 Å². The van der Waals surface area contributed by atoms with Crippen molar-refractivity contribution in [1.29, 1.82) is 0 Å². The third-order valence-electron chi connectivity index (χ3n) is 3.67. The second-order valence-electron chi connectivity index (χ2n) is 5.39. The van der Waals surface area contributed by atoms with Gasteiger partial charge in [-0.25, -0.2) is 17.5 Å². The molecule has 0 atom stereocenters. The first-order chi connectivity index (χ1) is 10.8. The number of benzene rings is 2. The third kappa shape index (κ3) is 2.40. The van der Waals surface area contributed by atoms with Gasteiger partial charge in [-0.15, -0.1) is 0 Å². The molecule has 1 N–H and O–H groups in total. The van der Waals surface area contributed by atoms with E-state index in [2.05, 4.69) is 0 Å². The van der Waals surface area contributed by atoms with Crippen LogP contribution in [0.5, 0.6) is 0 Å². The Labute approximate surface area is 133 Å². The number of hydrogen-bond donors (Lipinski definition) is 1. The minimum absolute atomic E-state index is 0.00329. The van der Waals surface area contributed by atoms with Crippen molar-refractivity contribution in [2.24, 2.45) is 0 Å². The van der Waals surface area contributed by atoms with Gasteiger partial charge in [-0.05, 0) is 12.1 Å². The smallest absolute Gasteiger partial charge is 0.338 e. The zero-order chi connectivity index (χ0) is 16.8. The van der Waals surface area contributed by atoms with Crippen LogP contribution in [0.15, 0.2) is 41.3 Å². The topological polar surface area (TPSA) is 86.8 Å². The monoisotopic (exact) mass is 333 g/mol. The van der Waals surface area contributed by atoms with Crippen molar-refractivity contribution in [2.75, 3.05) is 25.5 Å². The summed E-state index contributed by atoms with van der Waals surface area (Å²) in [4.78, 5) is 24.9. The SMILES string of the molecule is CN(C)c1cccc2c(S(=O)(=O)N3CC(=O)NC3=O)cccc12. The van der Waals surface area contributed by atoms with Crippen LogP contribution in [0.3, 0.4) is 0 Å². The van der Waals surface area contributed by atoms with E-state index in [1.54, 1.807) is 18.2 Å². The molecule has 23 heavy (non-hydrogen) atoms. The predicted octanol–water partition coefficient (Wildman–Crippen LogP) is 1.15. The molecule has 0 spiro atoms. The summed E-state index contributed by atoms with van der Waals surface area (Å²) in [7, 11) is -0.381. The average molecular weight is 333 g/mol. The fraction of sp³-hybridized carbons (Fsp3) is 0.200. The molecule has 120 valence electrons. The van der Waals surface area contributed by atoms with Gasteiger partial charge in [0, 0.05) is 30.6 Å². The molecule has 2 aromatic rings. The number of sulfonamides is 1. The molecule has 0 saturated carbocycles.